The lowest BCUT2D eigenvalue weighted by Gasteiger charge is -2.25. The molecule has 0 fully saturated rings. The summed E-state index contributed by atoms with van der Waals surface area (Å²) in [5.74, 6) is 0. The van der Waals surface area contributed by atoms with Gasteiger partial charge in [-0.15, -0.1) is 0 Å². The van der Waals surface area contributed by atoms with E-state index in [1.165, 1.54) is 0 Å². The van der Waals surface area contributed by atoms with Crippen LogP contribution in [0, 0.1) is 11.3 Å². The van der Waals surface area contributed by atoms with Gasteiger partial charge >= 0.3 is 0 Å². The topological polar surface area (TPSA) is 65.9 Å². The molecular weight excluding hydrogens is 248 g/mol. The number of nitrogens with two attached hydrogens (primary N) is 1. The van der Waals surface area contributed by atoms with E-state index in [2.05, 4.69) is 22.9 Å². The molecule has 102 valence electrons. The van der Waals surface area contributed by atoms with Crippen molar-refractivity contribution < 1.29 is 0 Å². The lowest BCUT2D eigenvalue weighted by Crippen LogP contribution is -2.25. The maximum atomic E-state index is 9.23. The Bertz CT molecular complexity index is 616. The van der Waals surface area contributed by atoms with Crippen LogP contribution in [0.3, 0.4) is 0 Å². The smallest absolute Gasteiger partial charge is 0.101 e. The summed E-state index contributed by atoms with van der Waals surface area (Å²) in [4.78, 5) is 6.29. The molecule has 2 rings (SSSR count). The highest BCUT2D eigenvalue weighted by Gasteiger charge is 2.12. The second-order valence-corrected chi connectivity index (χ2v) is 4.62. The maximum Gasteiger partial charge on any atom is 0.101 e. The van der Waals surface area contributed by atoms with Crippen LogP contribution < -0.4 is 10.6 Å². The van der Waals surface area contributed by atoms with Crippen LogP contribution in [0.5, 0.6) is 0 Å². The summed E-state index contributed by atoms with van der Waals surface area (Å²) in [5.41, 5.74) is 9.35. The fourth-order valence-corrected chi connectivity index (χ4v) is 2.17. The second-order valence-electron chi connectivity index (χ2n) is 4.62. The first-order chi connectivity index (χ1) is 9.76. The number of rotatable bonds is 5. The first-order valence-corrected chi connectivity index (χ1v) is 6.68. The normalized spacial score (nSPS) is 10.0. The van der Waals surface area contributed by atoms with Crippen molar-refractivity contribution in [2.45, 2.75) is 19.9 Å². The first-order valence-electron chi connectivity index (χ1n) is 6.68. The number of nitrogen functional groups attached to an aromatic ring is 1. The van der Waals surface area contributed by atoms with E-state index in [1.807, 2.05) is 24.3 Å². The molecule has 0 bridgehead atoms. The Morgan fingerprint density at radius 3 is 2.80 bits per heavy atom. The minimum atomic E-state index is 0.642. The van der Waals surface area contributed by atoms with Gasteiger partial charge in [0.05, 0.1) is 17.4 Å². The predicted molar refractivity (Wildman–Crippen MR) is 81.1 cm³/mol. The summed E-state index contributed by atoms with van der Waals surface area (Å²) in [6.45, 7) is 3.65. The largest absolute Gasteiger partial charge is 0.398 e. The van der Waals surface area contributed by atoms with E-state index in [0.29, 0.717) is 12.1 Å². The third-order valence-corrected chi connectivity index (χ3v) is 3.17. The first kappa shape index (κ1) is 13.9. The van der Waals surface area contributed by atoms with Crippen LogP contribution in [0.25, 0.3) is 0 Å². The van der Waals surface area contributed by atoms with Gasteiger partial charge in [-0.2, -0.15) is 5.26 Å². The number of nitriles is 1. The van der Waals surface area contributed by atoms with Crippen molar-refractivity contribution in [1.82, 2.24) is 4.98 Å². The van der Waals surface area contributed by atoms with Gasteiger partial charge in [-0.1, -0.05) is 25.1 Å². The molecule has 4 nitrogen and oxygen atoms in total. The zero-order valence-corrected chi connectivity index (χ0v) is 11.6. The van der Waals surface area contributed by atoms with Gasteiger partial charge in [0.2, 0.25) is 0 Å². The highest BCUT2D eigenvalue weighted by molar-refractivity contribution is 5.59. The van der Waals surface area contributed by atoms with Gasteiger partial charge in [-0.25, -0.2) is 0 Å². The van der Waals surface area contributed by atoms with Gasteiger partial charge in [0.25, 0.3) is 0 Å². The number of para-hydroxylation sites is 1. The third-order valence-electron chi connectivity index (χ3n) is 3.17. The van der Waals surface area contributed by atoms with Crippen LogP contribution in [0.1, 0.15) is 24.5 Å². The van der Waals surface area contributed by atoms with Crippen LogP contribution in [0.2, 0.25) is 0 Å². The van der Waals surface area contributed by atoms with Crippen molar-refractivity contribution in [2.75, 3.05) is 17.2 Å². The number of anilines is 2. The molecule has 0 aliphatic rings. The van der Waals surface area contributed by atoms with Crippen molar-refractivity contribution in [2.24, 2.45) is 0 Å². The molecule has 0 radical (unpaired) electrons. The van der Waals surface area contributed by atoms with E-state index < -0.39 is 0 Å². The summed E-state index contributed by atoms with van der Waals surface area (Å²) in [6.07, 6.45) is 4.38. The van der Waals surface area contributed by atoms with Crippen molar-refractivity contribution in [3.05, 3.63) is 53.9 Å². The molecule has 1 aromatic heterocycles. The molecule has 2 aromatic rings. The Kier molecular flexibility index (Phi) is 4.56. The van der Waals surface area contributed by atoms with Gasteiger partial charge < -0.3 is 10.6 Å². The van der Waals surface area contributed by atoms with Crippen LogP contribution in [0.4, 0.5) is 11.4 Å². The summed E-state index contributed by atoms with van der Waals surface area (Å²) >= 11 is 0. The molecule has 20 heavy (non-hydrogen) atoms. The molecular formula is C16H18N4. The summed E-state index contributed by atoms with van der Waals surface area (Å²) in [7, 11) is 0. The highest BCUT2D eigenvalue weighted by Crippen LogP contribution is 2.23. The fourth-order valence-electron chi connectivity index (χ4n) is 2.17. The van der Waals surface area contributed by atoms with E-state index in [0.717, 1.165) is 29.9 Å². The Morgan fingerprint density at radius 1 is 1.30 bits per heavy atom. The molecule has 0 unspecified atom stereocenters. The molecule has 2 N–H and O–H groups in total. The maximum absolute atomic E-state index is 9.23. The zero-order chi connectivity index (χ0) is 14.4. The summed E-state index contributed by atoms with van der Waals surface area (Å²) in [6, 6.07) is 11.8. The van der Waals surface area contributed by atoms with E-state index in [-0.39, 0.29) is 0 Å². The zero-order valence-electron chi connectivity index (χ0n) is 11.6. The molecule has 1 heterocycles. The Hall–Kier alpha value is -2.54. The number of nitrogens with zero attached hydrogens (tertiary/aromatic N) is 3. The van der Waals surface area contributed by atoms with Crippen LogP contribution in [-0.4, -0.2) is 11.5 Å². The molecule has 0 spiro atoms. The van der Waals surface area contributed by atoms with Crippen LogP contribution >= 0.6 is 0 Å². The van der Waals surface area contributed by atoms with Gasteiger partial charge in [0.1, 0.15) is 6.07 Å². The Morgan fingerprint density at radius 2 is 2.10 bits per heavy atom. The molecule has 0 saturated carbocycles. The second kappa shape index (κ2) is 6.58. The number of aromatic nitrogens is 1. The molecule has 4 heteroatoms. The molecule has 0 aliphatic carbocycles. The van der Waals surface area contributed by atoms with Crippen molar-refractivity contribution in [3.63, 3.8) is 0 Å². The minimum Gasteiger partial charge on any atom is -0.398 e. The summed E-state index contributed by atoms with van der Waals surface area (Å²) < 4.78 is 0. The van der Waals surface area contributed by atoms with Crippen molar-refractivity contribution in [3.8, 4) is 6.07 Å². The SMILES string of the molecule is CCCN(Cc1ccccc1N)c1cnccc1C#N. The van der Waals surface area contributed by atoms with Crippen molar-refractivity contribution in [1.29, 1.82) is 5.26 Å². The molecule has 0 amide bonds. The molecule has 0 aliphatic heterocycles. The number of hydrogen-bond donors (Lipinski definition) is 1. The minimum absolute atomic E-state index is 0.642. The molecule has 0 atom stereocenters. The number of pyridine rings is 1. The number of hydrogen-bond acceptors (Lipinski definition) is 4. The number of benzene rings is 1. The fraction of sp³-hybridized carbons (Fsp3) is 0.250. The standard InChI is InChI=1S/C16H18N4/c1-2-9-20(12-14-5-3-4-6-15(14)18)16-11-19-8-7-13(16)10-17/h3-8,11H,2,9,12,18H2,1H3. The predicted octanol–water partition coefficient (Wildman–Crippen LogP) is 2.95. The lowest BCUT2D eigenvalue weighted by molar-refractivity contribution is 0.765. The van der Waals surface area contributed by atoms with Gasteiger partial charge in [0, 0.05) is 25.0 Å². The van der Waals surface area contributed by atoms with E-state index in [1.54, 1.807) is 18.5 Å². The Balaban J connectivity index is 2.32. The average Bonchev–Trinajstić information content (AvgIpc) is 2.49. The monoisotopic (exact) mass is 266 g/mol. The molecule has 0 saturated heterocycles. The van der Waals surface area contributed by atoms with Crippen LogP contribution in [-0.2, 0) is 6.54 Å². The van der Waals surface area contributed by atoms with Crippen molar-refractivity contribution >= 4 is 11.4 Å². The summed E-state index contributed by atoms with van der Waals surface area (Å²) in [5, 5.41) is 9.23. The average molecular weight is 266 g/mol. The Labute approximate surface area is 119 Å². The molecule has 1 aromatic carbocycles. The van der Waals surface area contributed by atoms with E-state index >= 15 is 0 Å². The van der Waals surface area contributed by atoms with Crippen LogP contribution in [0.15, 0.2) is 42.7 Å². The van der Waals surface area contributed by atoms with Gasteiger partial charge in [-0.3, -0.25) is 4.98 Å². The van der Waals surface area contributed by atoms with Gasteiger partial charge in [-0.05, 0) is 24.1 Å². The highest BCUT2D eigenvalue weighted by atomic mass is 15.1. The van der Waals surface area contributed by atoms with E-state index in [9.17, 15) is 5.26 Å². The van der Waals surface area contributed by atoms with E-state index in [4.69, 9.17) is 5.73 Å². The van der Waals surface area contributed by atoms with Gasteiger partial charge in [0.15, 0.2) is 0 Å². The third kappa shape index (κ3) is 3.07. The quantitative estimate of drug-likeness (QED) is 0.845. The lowest BCUT2D eigenvalue weighted by atomic mass is 10.1.